The normalized spacial score (nSPS) is 21.9. The minimum atomic E-state index is -0.583. The summed E-state index contributed by atoms with van der Waals surface area (Å²) in [6, 6.07) is 5.15. The number of carbonyl (C=O) groups is 3. The van der Waals surface area contributed by atoms with Crippen LogP contribution in [0.25, 0.3) is 0 Å². The van der Waals surface area contributed by atoms with E-state index >= 15 is 0 Å². The van der Waals surface area contributed by atoms with Gasteiger partial charge in [0.1, 0.15) is 0 Å². The summed E-state index contributed by atoms with van der Waals surface area (Å²) in [6.45, 7) is 15.4. The van der Waals surface area contributed by atoms with Crippen LogP contribution in [0.4, 0.5) is 11.4 Å². The largest absolute Gasteiger partial charge is 0.349 e. The molecule has 0 aromatic heterocycles. The molecule has 31 heavy (non-hydrogen) atoms. The Kier molecular flexibility index (Phi) is 7.56. The Bertz CT molecular complexity index is 787. The fraction of sp³-hybridized carbons (Fsp3) is 0.640. The molecule has 1 aromatic carbocycles. The van der Waals surface area contributed by atoms with Crippen LogP contribution < -0.4 is 16.0 Å². The van der Waals surface area contributed by atoms with Gasteiger partial charge in [-0.25, -0.2) is 0 Å². The standard InChI is InChI=1S/C25H39N3O3/c1-15-10-9-11-20(16(15)2)28-21(29)17-12-18(26-22(30)24(3,4)5)14-19(13-17)27-23(31)25(6,7)8/h12-16,20H,9-11H2,1-8H3,(H,26,30)(H,27,31)(H,28,29). The third-order valence-electron chi connectivity index (χ3n) is 6.10. The lowest BCUT2D eigenvalue weighted by atomic mass is 9.78. The zero-order chi connectivity index (χ0) is 23.6. The Hall–Kier alpha value is -2.37. The van der Waals surface area contributed by atoms with Gasteiger partial charge in [0.2, 0.25) is 11.8 Å². The molecule has 0 bridgehead atoms. The fourth-order valence-corrected chi connectivity index (χ4v) is 3.58. The van der Waals surface area contributed by atoms with E-state index in [1.807, 2.05) is 41.5 Å². The molecule has 0 aliphatic heterocycles. The summed E-state index contributed by atoms with van der Waals surface area (Å²) in [5.41, 5.74) is 0.228. The lowest BCUT2D eigenvalue weighted by Crippen LogP contribution is -2.43. The lowest BCUT2D eigenvalue weighted by molar-refractivity contribution is -0.123. The molecule has 0 heterocycles. The average Bonchev–Trinajstić information content (AvgIpc) is 2.63. The van der Waals surface area contributed by atoms with Crippen LogP contribution >= 0.6 is 0 Å². The summed E-state index contributed by atoms with van der Waals surface area (Å²) < 4.78 is 0. The molecule has 6 heteroatoms. The van der Waals surface area contributed by atoms with Crippen molar-refractivity contribution in [2.45, 2.75) is 80.7 Å². The summed E-state index contributed by atoms with van der Waals surface area (Å²) >= 11 is 0. The average molecular weight is 430 g/mol. The van der Waals surface area contributed by atoms with Crippen molar-refractivity contribution in [1.82, 2.24) is 5.32 Å². The number of hydrogen-bond acceptors (Lipinski definition) is 3. The van der Waals surface area contributed by atoms with Gasteiger partial charge in [0, 0.05) is 33.8 Å². The van der Waals surface area contributed by atoms with Gasteiger partial charge in [-0.05, 0) is 36.5 Å². The number of carbonyl (C=O) groups excluding carboxylic acids is 3. The molecule has 2 rings (SSSR count). The maximum atomic E-state index is 13.1. The maximum Gasteiger partial charge on any atom is 0.251 e. The first-order valence-corrected chi connectivity index (χ1v) is 11.3. The molecule has 3 amide bonds. The highest BCUT2D eigenvalue weighted by molar-refractivity contribution is 6.02. The zero-order valence-corrected chi connectivity index (χ0v) is 20.3. The molecule has 0 radical (unpaired) electrons. The van der Waals surface area contributed by atoms with Gasteiger partial charge in [-0.1, -0.05) is 68.2 Å². The second-order valence-electron chi connectivity index (χ2n) is 11.1. The number of nitrogens with one attached hydrogen (secondary N) is 3. The second kappa shape index (κ2) is 9.41. The molecule has 3 unspecified atom stereocenters. The Labute approximate surface area is 186 Å². The number of anilines is 2. The molecule has 1 fully saturated rings. The Morgan fingerprint density at radius 3 is 1.74 bits per heavy atom. The SMILES string of the molecule is CC1CCCC(NC(=O)c2cc(NC(=O)C(C)(C)C)cc(NC(=O)C(C)(C)C)c2)C1C. The highest BCUT2D eigenvalue weighted by atomic mass is 16.2. The molecule has 172 valence electrons. The van der Waals surface area contributed by atoms with E-state index in [1.54, 1.807) is 18.2 Å². The van der Waals surface area contributed by atoms with Crippen molar-refractivity contribution < 1.29 is 14.4 Å². The van der Waals surface area contributed by atoms with Crippen molar-refractivity contribution in [3.05, 3.63) is 23.8 Å². The molecule has 1 aliphatic carbocycles. The fourth-order valence-electron chi connectivity index (χ4n) is 3.58. The Balaban J connectivity index is 2.32. The van der Waals surface area contributed by atoms with E-state index in [2.05, 4.69) is 29.8 Å². The molecule has 1 aliphatic rings. The van der Waals surface area contributed by atoms with Crippen molar-refractivity contribution in [3.8, 4) is 0 Å². The lowest BCUT2D eigenvalue weighted by Gasteiger charge is -2.34. The molecule has 3 N–H and O–H groups in total. The molecular formula is C25H39N3O3. The van der Waals surface area contributed by atoms with E-state index in [1.165, 1.54) is 6.42 Å². The quantitative estimate of drug-likeness (QED) is 0.614. The second-order valence-corrected chi connectivity index (χ2v) is 11.1. The van der Waals surface area contributed by atoms with Gasteiger partial charge in [0.25, 0.3) is 5.91 Å². The Morgan fingerprint density at radius 1 is 0.806 bits per heavy atom. The molecule has 6 nitrogen and oxygen atoms in total. The van der Waals surface area contributed by atoms with Gasteiger partial charge in [0.05, 0.1) is 0 Å². The number of rotatable bonds is 4. The molecular weight excluding hydrogens is 390 g/mol. The number of hydrogen-bond donors (Lipinski definition) is 3. The number of amides is 3. The van der Waals surface area contributed by atoms with E-state index in [0.717, 1.165) is 12.8 Å². The van der Waals surface area contributed by atoms with E-state index in [-0.39, 0.29) is 23.8 Å². The van der Waals surface area contributed by atoms with Crippen molar-refractivity contribution in [3.63, 3.8) is 0 Å². The molecule has 0 spiro atoms. The smallest absolute Gasteiger partial charge is 0.251 e. The van der Waals surface area contributed by atoms with Crippen LogP contribution in [0.15, 0.2) is 18.2 Å². The first-order valence-electron chi connectivity index (χ1n) is 11.3. The molecule has 1 aromatic rings. The monoisotopic (exact) mass is 429 g/mol. The zero-order valence-electron chi connectivity index (χ0n) is 20.3. The van der Waals surface area contributed by atoms with Crippen LogP contribution in [0.1, 0.15) is 85.0 Å². The van der Waals surface area contributed by atoms with Crippen molar-refractivity contribution in [1.29, 1.82) is 0 Å². The molecule has 3 atom stereocenters. The van der Waals surface area contributed by atoms with Crippen LogP contribution in [0.5, 0.6) is 0 Å². The predicted octanol–water partition coefficient (Wildman–Crippen LogP) is 5.21. The van der Waals surface area contributed by atoms with E-state index in [0.29, 0.717) is 28.8 Å². The Morgan fingerprint density at radius 2 is 1.29 bits per heavy atom. The van der Waals surface area contributed by atoms with Crippen LogP contribution in [0.3, 0.4) is 0 Å². The summed E-state index contributed by atoms with van der Waals surface area (Å²) in [5, 5.41) is 8.93. The van der Waals surface area contributed by atoms with E-state index in [4.69, 9.17) is 0 Å². The number of benzene rings is 1. The molecule has 0 saturated heterocycles. The van der Waals surface area contributed by atoms with Gasteiger partial charge in [-0.2, -0.15) is 0 Å². The van der Waals surface area contributed by atoms with Crippen LogP contribution in [-0.4, -0.2) is 23.8 Å². The van der Waals surface area contributed by atoms with E-state index < -0.39 is 10.8 Å². The topological polar surface area (TPSA) is 87.3 Å². The van der Waals surface area contributed by atoms with Crippen LogP contribution in [0.2, 0.25) is 0 Å². The summed E-state index contributed by atoms with van der Waals surface area (Å²) in [4.78, 5) is 38.1. The summed E-state index contributed by atoms with van der Waals surface area (Å²) in [7, 11) is 0. The van der Waals surface area contributed by atoms with Gasteiger partial charge in [0.15, 0.2) is 0 Å². The minimum Gasteiger partial charge on any atom is -0.349 e. The van der Waals surface area contributed by atoms with Crippen LogP contribution in [0, 0.1) is 22.7 Å². The third-order valence-corrected chi connectivity index (χ3v) is 6.10. The van der Waals surface area contributed by atoms with Crippen LogP contribution in [-0.2, 0) is 9.59 Å². The predicted molar refractivity (Wildman–Crippen MR) is 126 cm³/mol. The van der Waals surface area contributed by atoms with E-state index in [9.17, 15) is 14.4 Å². The van der Waals surface area contributed by atoms with Gasteiger partial charge in [-0.15, -0.1) is 0 Å². The highest BCUT2D eigenvalue weighted by Gasteiger charge is 2.29. The third kappa shape index (κ3) is 6.81. The van der Waals surface area contributed by atoms with Gasteiger partial charge < -0.3 is 16.0 Å². The summed E-state index contributed by atoms with van der Waals surface area (Å²) in [6.07, 6.45) is 3.25. The van der Waals surface area contributed by atoms with Gasteiger partial charge >= 0.3 is 0 Å². The minimum absolute atomic E-state index is 0.122. The highest BCUT2D eigenvalue weighted by Crippen LogP contribution is 2.30. The summed E-state index contributed by atoms with van der Waals surface area (Å²) in [5.74, 6) is 0.462. The first-order chi connectivity index (χ1) is 14.2. The van der Waals surface area contributed by atoms with Crippen molar-refractivity contribution in [2.75, 3.05) is 10.6 Å². The van der Waals surface area contributed by atoms with Gasteiger partial charge in [-0.3, -0.25) is 14.4 Å². The molecule has 1 saturated carbocycles. The first kappa shape index (κ1) is 24.9. The van der Waals surface area contributed by atoms with Crippen molar-refractivity contribution >= 4 is 29.1 Å². The maximum absolute atomic E-state index is 13.1. The van der Waals surface area contributed by atoms with Crippen molar-refractivity contribution in [2.24, 2.45) is 22.7 Å².